The minimum absolute atomic E-state index is 0.834. The first-order valence-electron chi connectivity index (χ1n) is 2.63. The van der Waals surface area contributed by atoms with Gasteiger partial charge in [-0.25, -0.2) is 0 Å². The Balaban J connectivity index is 3.89. The van der Waals surface area contributed by atoms with E-state index in [2.05, 4.69) is 0 Å². The quantitative estimate of drug-likeness (QED) is 0.479. The summed E-state index contributed by atoms with van der Waals surface area (Å²) in [6.45, 7) is 5.88. The van der Waals surface area contributed by atoms with Crippen molar-refractivity contribution >= 4 is 11.6 Å². The average molecular weight is 131 g/mol. The molecule has 0 aliphatic rings. The number of hydrogen-bond donors (Lipinski definition) is 0. The van der Waals surface area contributed by atoms with E-state index < -0.39 is 0 Å². The molecule has 0 aromatic rings. The standard InChI is InChI=1S/C7H11Cl/c1-4-6(2)5-7(3)8/h4-5H,1-3H3/b6-4-,7-5+. The zero-order chi connectivity index (χ0) is 6.57. The van der Waals surface area contributed by atoms with E-state index in [1.165, 1.54) is 5.57 Å². The molecule has 0 bridgehead atoms. The van der Waals surface area contributed by atoms with Gasteiger partial charge in [0.2, 0.25) is 0 Å². The van der Waals surface area contributed by atoms with Gasteiger partial charge in [-0.05, 0) is 26.8 Å². The highest BCUT2D eigenvalue weighted by atomic mass is 35.5. The molecular formula is C7H11Cl. The van der Waals surface area contributed by atoms with Crippen molar-refractivity contribution in [3.63, 3.8) is 0 Å². The summed E-state index contributed by atoms with van der Waals surface area (Å²) in [5, 5.41) is 0.834. The summed E-state index contributed by atoms with van der Waals surface area (Å²) in [5.41, 5.74) is 1.21. The summed E-state index contributed by atoms with van der Waals surface area (Å²) >= 11 is 5.57. The van der Waals surface area contributed by atoms with E-state index >= 15 is 0 Å². The molecule has 0 fully saturated rings. The van der Waals surface area contributed by atoms with Gasteiger partial charge in [0.15, 0.2) is 0 Å². The minimum atomic E-state index is 0.834. The number of halogens is 1. The van der Waals surface area contributed by atoms with Crippen molar-refractivity contribution in [1.29, 1.82) is 0 Å². The van der Waals surface area contributed by atoms with E-state index in [4.69, 9.17) is 11.6 Å². The summed E-state index contributed by atoms with van der Waals surface area (Å²) < 4.78 is 0. The van der Waals surface area contributed by atoms with Gasteiger partial charge in [-0.15, -0.1) is 0 Å². The van der Waals surface area contributed by atoms with Gasteiger partial charge in [-0.1, -0.05) is 23.3 Å². The summed E-state index contributed by atoms with van der Waals surface area (Å²) in [6.07, 6.45) is 3.95. The maximum Gasteiger partial charge on any atom is 0.0152 e. The van der Waals surface area contributed by atoms with Crippen LogP contribution in [0.3, 0.4) is 0 Å². The molecular weight excluding hydrogens is 120 g/mol. The lowest BCUT2D eigenvalue weighted by atomic mass is 10.3. The Morgan fingerprint density at radius 2 is 1.88 bits per heavy atom. The van der Waals surface area contributed by atoms with Crippen molar-refractivity contribution in [2.24, 2.45) is 0 Å². The third-order valence-electron chi connectivity index (χ3n) is 0.882. The highest BCUT2D eigenvalue weighted by molar-refractivity contribution is 6.29. The van der Waals surface area contributed by atoms with Crippen LogP contribution in [0.5, 0.6) is 0 Å². The molecule has 0 spiro atoms. The van der Waals surface area contributed by atoms with Crippen LogP contribution in [0.1, 0.15) is 20.8 Å². The highest BCUT2D eigenvalue weighted by Crippen LogP contribution is 2.03. The smallest absolute Gasteiger partial charge is 0.0152 e. The van der Waals surface area contributed by atoms with Crippen LogP contribution in [0.25, 0.3) is 0 Å². The first-order chi connectivity index (χ1) is 3.66. The maximum absolute atomic E-state index is 5.57. The Labute approximate surface area is 55.9 Å². The topological polar surface area (TPSA) is 0 Å². The molecule has 0 unspecified atom stereocenters. The van der Waals surface area contributed by atoms with Crippen LogP contribution in [0.4, 0.5) is 0 Å². The number of allylic oxidation sites excluding steroid dienone is 4. The zero-order valence-electron chi connectivity index (χ0n) is 5.53. The third-order valence-corrected chi connectivity index (χ3v) is 0.991. The maximum atomic E-state index is 5.57. The molecule has 0 amide bonds. The van der Waals surface area contributed by atoms with Gasteiger partial charge >= 0.3 is 0 Å². The first kappa shape index (κ1) is 7.77. The molecule has 0 aliphatic heterocycles. The Hall–Kier alpha value is -0.230. The van der Waals surface area contributed by atoms with E-state index in [1.54, 1.807) is 0 Å². The molecule has 0 aliphatic carbocycles. The second-order valence-electron chi connectivity index (χ2n) is 1.76. The Kier molecular flexibility index (Phi) is 3.63. The van der Waals surface area contributed by atoms with Crippen LogP contribution >= 0.6 is 11.6 Å². The van der Waals surface area contributed by atoms with Gasteiger partial charge in [-0.2, -0.15) is 0 Å². The van der Waals surface area contributed by atoms with Crippen molar-refractivity contribution in [3.05, 3.63) is 22.8 Å². The van der Waals surface area contributed by atoms with Gasteiger partial charge < -0.3 is 0 Å². The fraction of sp³-hybridized carbons (Fsp3) is 0.429. The monoisotopic (exact) mass is 130 g/mol. The zero-order valence-corrected chi connectivity index (χ0v) is 6.29. The second kappa shape index (κ2) is 3.73. The molecule has 0 atom stereocenters. The van der Waals surface area contributed by atoms with Gasteiger partial charge in [-0.3, -0.25) is 0 Å². The fourth-order valence-corrected chi connectivity index (χ4v) is 0.569. The van der Waals surface area contributed by atoms with E-state index in [9.17, 15) is 0 Å². The van der Waals surface area contributed by atoms with E-state index in [0.717, 1.165) is 5.03 Å². The molecule has 1 heteroatoms. The predicted molar refractivity (Wildman–Crippen MR) is 39.0 cm³/mol. The Morgan fingerprint density at radius 1 is 1.38 bits per heavy atom. The third kappa shape index (κ3) is 3.94. The van der Waals surface area contributed by atoms with Crippen LogP contribution in [-0.4, -0.2) is 0 Å². The van der Waals surface area contributed by atoms with Crippen LogP contribution in [0.2, 0.25) is 0 Å². The molecule has 8 heavy (non-hydrogen) atoms. The average Bonchev–Trinajstić information content (AvgIpc) is 1.65. The van der Waals surface area contributed by atoms with Gasteiger partial charge in [0.25, 0.3) is 0 Å². The lowest BCUT2D eigenvalue weighted by Crippen LogP contribution is -1.65. The largest absolute Gasteiger partial charge is 0.0895 e. The molecule has 46 valence electrons. The second-order valence-corrected chi connectivity index (χ2v) is 2.36. The van der Waals surface area contributed by atoms with E-state index in [-0.39, 0.29) is 0 Å². The molecule has 0 saturated carbocycles. The lowest BCUT2D eigenvalue weighted by molar-refractivity contribution is 1.45. The first-order valence-corrected chi connectivity index (χ1v) is 3.01. The molecule has 0 radical (unpaired) electrons. The van der Waals surface area contributed by atoms with Crippen molar-refractivity contribution < 1.29 is 0 Å². The predicted octanol–water partition coefficient (Wildman–Crippen LogP) is 3.10. The van der Waals surface area contributed by atoms with Gasteiger partial charge in [0, 0.05) is 5.03 Å². The normalized spacial score (nSPS) is 14.5. The van der Waals surface area contributed by atoms with Crippen LogP contribution < -0.4 is 0 Å². The molecule has 0 nitrogen and oxygen atoms in total. The van der Waals surface area contributed by atoms with Crippen molar-refractivity contribution in [1.82, 2.24) is 0 Å². The molecule has 0 aromatic heterocycles. The fourth-order valence-electron chi connectivity index (χ4n) is 0.397. The lowest BCUT2D eigenvalue weighted by Gasteiger charge is -1.86. The van der Waals surface area contributed by atoms with Crippen molar-refractivity contribution in [2.45, 2.75) is 20.8 Å². The van der Waals surface area contributed by atoms with Gasteiger partial charge in [0.1, 0.15) is 0 Å². The van der Waals surface area contributed by atoms with Gasteiger partial charge in [0.05, 0.1) is 0 Å². The van der Waals surface area contributed by atoms with Crippen molar-refractivity contribution in [3.8, 4) is 0 Å². The van der Waals surface area contributed by atoms with Crippen LogP contribution in [0.15, 0.2) is 22.8 Å². The van der Waals surface area contributed by atoms with Crippen LogP contribution in [-0.2, 0) is 0 Å². The Morgan fingerprint density at radius 3 is 2.00 bits per heavy atom. The summed E-state index contributed by atoms with van der Waals surface area (Å²) in [4.78, 5) is 0. The SMILES string of the molecule is C/C=C(C)\C=C(/C)Cl. The number of rotatable bonds is 1. The van der Waals surface area contributed by atoms with E-state index in [0.29, 0.717) is 0 Å². The number of hydrogen-bond acceptors (Lipinski definition) is 0. The van der Waals surface area contributed by atoms with Crippen molar-refractivity contribution in [2.75, 3.05) is 0 Å². The molecule has 0 rings (SSSR count). The Bertz CT molecular complexity index is 116. The summed E-state index contributed by atoms with van der Waals surface area (Å²) in [5.74, 6) is 0. The summed E-state index contributed by atoms with van der Waals surface area (Å²) in [6, 6.07) is 0. The molecule has 0 N–H and O–H groups in total. The minimum Gasteiger partial charge on any atom is -0.0895 e. The summed E-state index contributed by atoms with van der Waals surface area (Å²) in [7, 11) is 0. The highest BCUT2D eigenvalue weighted by Gasteiger charge is 1.79. The molecule has 0 aromatic carbocycles. The molecule has 0 saturated heterocycles. The van der Waals surface area contributed by atoms with Crippen LogP contribution in [0, 0.1) is 0 Å². The molecule has 0 heterocycles. The van der Waals surface area contributed by atoms with E-state index in [1.807, 2.05) is 32.9 Å².